The third-order valence-electron chi connectivity index (χ3n) is 3.68. The minimum atomic E-state index is -1.17. The monoisotopic (exact) mass is 286 g/mol. The first kappa shape index (κ1) is 14.8. The van der Waals surface area contributed by atoms with Gasteiger partial charge in [0.15, 0.2) is 0 Å². The van der Waals surface area contributed by atoms with E-state index in [0.717, 1.165) is 5.56 Å². The number of rotatable bonds is 5. The topological polar surface area (TPSA) is 82.2 Å². The zero-order chi connectivity index (χ0) is 15.5. The van der Waals surface area contributed by atoms with Gasteiger partial charge in [0.2, 0.25) is 0 Å². The summed E-state index contributed by atoms with van der Waals surface area (Å²) in [5, 5.41) is 12.2. The third-order valence-corrected chi connectivity index (χ3v) is 3.68. The molecule has 21 heavy (non-hydrogen) atoms. The summed E-state index contributed by atoms with van der Waals surface area (Å²) < 4.78 is 0. The Balaban J connectivity index is 2.17. The van der Waals surface area contributed by atoms with Gasteiger partial charge in [0.25, 0.3) is 5.91 Å². The standard InChI is InChI=1S/C16H18N2O3/c1-11-8-17-9-13(11)14(19)18-10-16(2,15(20)21)12-6-4-3-5-7-12/h3-9,17H,10H2,1-2H3,(H,18,19)(H,20,21). The van der Waals surface area contributed by atoms with Gasteiger partial charge in [-0.2, -0.15) is 0 Å². The van der Waals surface area contributed by atoms with E-state index >= 15 is 0 Å². The normalized spacial score (nSPS) is 13.4. The molecule has 0 fully saturated rings. The van der Waals surface area contributed by atoms with Crippen molar-refractivity contribution in [3.63, 3.8) is 0 Å². The molecule has 110 valence electrons. The fourth-order valence-corrected chi connectivity index (χ4v) is 2.15. The van der Waals surface area contributed by atoms with Crippen molar-refractivity contribution in [2.75, 3.05) is 6.54 Å². The van der Waals surface area contributed by atoms with E-state index in [0.29, 0.717) is 11.1 Å². The summed E-state index contributed by atoms with van der Waals surface area (Å²) in [6.45, 7) is 3.45. The number of amides is 1. The maximum Gasteiger partial charge on any atom is 0.315 e. The van der Waals surface area contributed by atoms with Crippen molar-refractivity contribution < 1.29 is 14.7 Å². The third kappa shape index (κ3) is 2.97. The molecule has 1 heterocycles. The number of hydrogen-bond acceptors (Lipinski definition) is 2. The summed E-state index contributed by atoms with van der Waals surface area (Å²) >= 11 is 0. The molecule has 0 aliphatic heterocycles. The molecule has 1 unspecified atom stereocenters. The number of aromatic amines is 1. The van der Waals surface area contributed by atoms with Gasteiger partial charge < -0.3 is 15.4 Å². The summed E-state index contributed by atoms with van der Waals surface area (Å²) in [5.41, 5.74) is 0.838. The van der Waals surface area contributed by atoms with E-state index in [9.17, 15) is 14.7 Å². The van der Waals surface area contributed by atoms with Gasteiger partial charge in [-0.05, 0) is 25.0 Å². The second-order valence-corrected chi connectivity index (χ2v) is 5.24. The van der Waals surface area contributed by atoms with Gasteiger partial charge in [0.05, 0.1) is 5.56 Å². The Morgan fingerprint density at radius 3 is 2.43 bits per heavy atom. The number of aryl methyl sites for hydroxylation is 1. The number of carbonyl (C=O) groups is 2. The fraction of sp³-hybridized carbons (Fsp3) is 0.250. The Morgan fingerprint density at radius 1 is 1.24 bits per heavy atom. The number of benzene rings is 1. The highest BCUT2D eigenvalue weighted by Crippen LogP contribution is 2.23. The molecule has 1 aromatic heterocycles. The van der Waals surface area contributed by atoms with Crippen LogP contribution in [-0.4, -0.2) is 28.5 Å². The Morgan fingerprint density at radius 2 is 1.90 bits per heavy atom. The summed E-state index contributed by atoms with van der Waals surface area (Å²) in [7, 11) is 0. The molecule has 0 saturated heterocycles. The lowest BCUT2D eigenvalue weighted by Gasteiger charge is -2.25. The minimum Gasteiger partial charge on any atom is -0.481 e. The van der Waals surface area contributed by atoms with Crippen LogP contribution in [0.25, 0.3) is 0 Å². The number of hydrogen-bond donors (Lipinski definition) is 3. The highest BCUT2D eigenvalue weighted by atomic mass is 16.4. The van der Waals surface area contributed by atoms with Gasteiger partial charge in [0.1, 0.15) is 5.41 Å². The summed E-state index contributed by atoms with van der Waals surface area (Å²) in [5.74, 6) is -1.25. The lowest BCUT2D eigenvalue weighted by Crippen LogP contribution is -2.44. The van der Waals surface area contributed by atoms with E-state index in [1.54, 1.807) is 43.6 Å². The minimum absolute atomic E-state index is 0.0236. The van der Waals surface area contributed by atoms with Crippen LogP contribution in [0.2, 0.25) is 0 Å². The number of carboxylic acid groups (broad SMARTS) is 1. The molecule has 0 aliphatic rings. The van der Waals surface area contributed by atoms with E-state index in [-0.39, 0.29) is 12.5 Å². The molecule has 3 N–H and O–H groups in total. The Kier molecular flexibility index (Phi) is 4.12. The number of aromatic nitrogens is 1. The SMILES string of the molecule is Cc1c[nH]cc1C(=O)NCC(C)(C(=O)O)c1ccccc1. The number of nitrogens with one attached hydrogen (secondary N) is 2. The molecule has 5 nitrogen and oxygen atoms in total. The predicted molar refractivity (Wildman–Crippen MR) is 79.3 cm³/mol. The van der Waals surface area contributed by atoms with Crippen molar-refractivity contribution in [2.24, 2.45) is 0 Å². The van der Waals surface area contributed by atoms with Gasteiger partial charge in [-0.3, -0.25) is 9.59 Å². The highest BCUT2D eigenvalue weighted by Gasteiger charge is 2.35. The second kappa shape index (κ2) is 5.83. The van der Waals surface area contributed by atoms with Crippen LogP contribution in [0.4, 0.5) is 0 Å². The zero-order valence-corrected chi connectivity index (χ0v) is 12.0. The van der Waals surface area contributed by atoms with Gasteiger partial charge in [-0.15, -0.1) is 0 Å². The van der Waals surface area contributed by atoms with Crippen LogP contribution < -0.4 is 5.32 Å². The Bertz CT molecular complexity index is 649. The lowest BCUT2D eigenvalue weighted by atomic mass is 9.82. The van der Waals surface area contributed by atoms with Gasteiger partial charge >= 0.3 is 5.97 Å². The summed E-state index contributed by atoms with van der Waals surface area (Å²) in [6.07, 6.45) is 3.33. The van der Waals surface area contributed by atoms with Crippen LogP contribution >= 0.6 is 0 Å². The molecule has 2 rings (SSSR count). The van der Waals surface area contributed by atoms with Gasteiger partial charge in [0, 0.05) is 18.9 Å². The highest BCUT2D eigenvalue weighted by molar-refractivity contribution is 5.96. The molecule has 0 saturated carbocycles. The number of aliphatic carboxylic acids is 1. The van der Waals surface area contributed by atoms with E-state index in [1.165, 1.54) is 0 Å². The van der Waals surface area contributed by atoms with E-state index < -0.39 is 11.4 Å². The Hall–Kier alpha value is -2.56. The fourth-order valence-electron chi connectivity index (χ4n) is 2.15. The first-order valence-corrected chi connectivity index (χ1v) is 6.65. The van der Waals surface area contributed by atoms with Crippen molar-refractivity contribution >= 4 is 11.9 Å². The van der Waals surface area contributed by atoms with Crippen LogP contribution in [-0.2, 0) is 10.2 Å². The van der Waals surface area contributed by atoms with Crippen LogP contribution in [0.1, 0.15) is 28.4 Å². The molecule has 2 aromatic rings. The van der Waals surface area contributed by atoms with Crippen molar-refractivity contribution in [1.82, 2.24) is 10.3 Å². The molecular weight excluding hydrogens is 268 g/mol. The van der Waals surface area contributed by atoms with Crippen LogP contribution in [0.15, 0.2) is 42.7 Å². The van der Waals surface area contributed by atoms with Crippen molar-refractivity contribution in [2.45, 2.75) is 19.3 Å². The van der Waals surface area contributed by atoms with Crippen molar-refractivity contribution in [1.29, 1.82) is 0 Å². The van der Waals surface area contributed by atoms with E-state index in [1.807, 2.05) is 13.0 Å². The summed E-state index contributed by atoms with van der Waals surface area (Å²) in [6, 6.07) is 8.90. The van der Waals surface area contributed by atoms with Crippen LogP contribution in [0.3, 0.4) is 0 Å². The Labute approximate surface area is 123 Å². The number of H-pyrrole nitrogens is 1. The molecule has 1 atom stereocenters. The molecule has 0 spiro atoms. The zero-order valence-electron chi connectivity index (χ0n) is 12.0. The molecule has 1 amide bonds. The van der Waals surface area contributed by atoms with E-state index in [2.05, 4.69) is 10.3 Å². The quantitative estimate of drug-likeness (QED) is 0.787. The first-order valence-electron chi connectivity index (χ1n) is 6.65. The van der Waals surface area contributed by atoms with Crippen molar-refractivity contribution in [3.05, 3.63) is 59.4 Å². The van der Waals surface area contributed by atoms with Crippen LogP contribution in [0.5, 0.6) is 0 Å². The molecule has 1 aromatic carbocycles. The maximum atomic E-state index is 12.1. The molecule has 0 aliphatic carbocycles. The van der Waals surface area contributed by atoms with Gasteiger partial charge in [-0.1, -0.05) is 30.3 Å². The number of carboxylic acids is 1. The lowest BCUT2D eigenvalue weighted by molar-refractivity contribution is -0.142. The first-order chi connectivity index (χ1) is 9.95. The predicted octanol–water partition coefficient (Wildman–Crippen LogP) is 2.10. The molecule has 0 bridgehead atoms. The smallest absolute Gasteiger partial charge is 0.315 e. The maximum absolute atomic E-state index is 12.1. The molecule has 0 radical (unpaired) electrons. The molecule has 5 heteroatoms. The van der Waals surface area contributed by atoms with E-state index in [4.69, 9.17) is 0 Å². The van der Waals surface area contributed by atoms with Crippen molar-refractivity contribution in [3.8, 4) is 0 Å². The average Bonchev–Trinajstić information content (AvgIpc) is 2.91. The average molecular weight is 286 g/mol. The number of carbonyl (C=O) groups excluding carboxylic acids is 1. The second-order valence-electron chi connectivity index (χ2n) is 5.24. The van der Waals surface area contributed by atoms with Gasteiger partial charge in [-0.25, -0.2) is 0 Å². The van der Waals surface area contributed by atoms with Crippen LogP contribution in [0, 0.1) is 6.92 Å². The molecular formula is C16H18N2O3. The summed E-state index contributed by atoms with van der Waals surface area (Å²) in [4.78, 5) is 26.6. The largest absolute Gasteiger partial charge is 0.481 e.